The minimum Gasteiger partial charge on any atom is -0.273 e. The molecule has 0 saturated carbocycles. The fraction of sp³-hybridized carbons (Fsp3) is 0.273. The third-order valence-corrected chi connectivity index (χ3v) is 4.63. The lowest BCUT2D eigenvalue weighted by molar-refractivity contribution is -0.121. The lowest BCUT2D eigenvalue weighted by Gasteiger charge is -2.12. The van der Waals surface area contributed by atoms with Crippen molar-refractivity contribution in [2.45, 2.75) is 39.2 Å². The van der Waals surface area contributed by atoms with Crippen LogP contribution in [-0.4, -0.2) is 21.6 Å². The van der Waals surface area contributed by atoms with Crippen molar-refractivity contribution in [1.82, 2.24) is 20.6 Å². The van der Waals surface area contributed by atoms with Crippen molar-refractivity contribution in [3.05, 3.63) is 76.0 Å². The van der Waals surface area contributed by atoms with E-state index in [4.69, 9.17) is 0 Å². The van der Waals surface area contributed by atoms with Crippen LogP contribution in [0.3, 0.4) is 0 Å². The predicted octanol–water partition coefficient (Wildman–Crippen LogP) is 2.73. The largest absolute Gasteiger partial charge is 0.290 e. The zero-order valence-corrected chi connectivity index (χ0v) is 16.7. The third-order valence-electron chi connectivity index (χ3n) is 4.63. The number of aromatic nitrogens is 2. The summed E-state index contributed by atoms with van der Waals surface area (Å²) in [7, 11) is 0. The SMILES string of the molecule is CCCCCn1nc(C(=O)NNC(=O)Cc2cccc(F)c2)c2ccccc2c1=O. The molecule has 0 fully saturated rings. The van der Waals surface area contributed by atoms with Crippen molar-refractivity contribution in [2.75, 3.05) is 0 Å². The summed E-state index contributed by atoms with van der Waals surface area (Å²) in [6.45, 7) is 2.46. The van der Waals surface area contributed by atoms with Gasteiger partial charge >= 0.3 is 0 Å². The maximum absolute atomic E-state index is 13.2. The molecule has 0 saturated heterocycles. The number of hydrogen-bond donors (Lipinski definition) is 2. The number of nitrogens with one attached hydrogen (secondary N) is 2. The Morgan fingerprint density at radius 3 is 2.53 bits per heavy atom. The minimum atomic E-state index is -0.636. The molecule has 0 radical (unpaired) electrons. The summed E-state index contributed by atoms with van der Waals surface area (Å²) < 4.78 is 14.5. The van der Waals surface area contributed by atoms with Crippen molar-refractivity contribution >= 4 is 22.6 Å². The highest BCUT2D eigenvalue weighted by Gasteiger charge is 2.17. The molecular weight excluding hydrogens is 387 g/mol. The molecule has 2 amide bonds. The summed E-state index contributed by atoms with van der Waals surface area (Å²) in [6, 6.07) is 12.4. The maximum Gasteiger partial charge on any atom is 0.290 e. The first-order chi connectivity index (χ1) is 14.5. The molecule has 2 N–H and O–H groups in total. The Morgan fingerprint density at radius 2 is 1.80 bits per heavy atom. The lowest BCUT2D eigenvalue weighted by Crippen LogP contribution is -2.43. The number of unbranched alkanes of at least 4 members (excludes halogenated alkanes) is 2. The Labute approximate surface area is 172 Å². The van der Waals surface area contributed by atoms with Crippen LogP contribution in [0.25, 0.3) is 10.8 Å². The Bertz CT molecular complexity index is 1130. The number of fused-ring (bicyclic) bond motifs is 1. The van der Waals surface area contributed by atoms with Crippen LogP contribution in [0.1, 0.15) is 42.2 Å². The number of aryl methyl sites for hydroxylation is 1. The van der Waals surface area contributed by atoms with E-state index in [0.29, 0.717) is 22.9 Å². The Balaban J connectivity index is 1.77. The van der Waals surface area contributed by atoms with Crippen LogP contribution < -0.4 is 16.4 Å². The van der Waals surface area contributed by atoms with Gasteiger partial charge in [-0.25, -0.2) is 9.07 Å². The van der Waals surface area contributed by atoms with Gasteiger partial charge in [-0.05, 0) is 30.2 Å². The van der Waals surface area contributed by atoms with Crippen LogP contribution in [0.2, 0.25) is 0 Å². The Morgan fingerprint density at radius 1 is 1.03 bits per heavy atom. The predicted molar refractivity (Wildman–Crippen MR) is 111 cm³/mol. The monoisotopic (exact) mass is 410 g/mol. The fourth-order valence-corrected chi connectivity index (χ4v) is 3.13. The van der Waals surface area contributed by atoms with Crippen LogP contribution >= 0.6 is 0 Å². The highest BCUT2D eigenvalue weighted by Crippen LogP contribution is 2.13. The second kappa shape index (κ2) is 9.78. The normalized spacial score (nSPS) is 10.7. The number of hydrogen-bond acceptors (Lipinski definition) is 4. The highest BCUT2D eigenvalue weighted by atomic mass is 19.1. The first-order valence-electron chi connectivity index (χ1n) is 9.83. The van der Waals surface area contributed by atoms with Crippen LogP contribution in [0.5, 0.6) is 0 Å². The topological polar surface area (TPSA) is 93.1 Å². The molecule has 8 heteroatoms. The van der Waals surface area contributed by atoms with Gasteiger partial charge in [-0.2, -0.15) is 5.10 Å². The van der Waals surface area contributed by atoms with Crippen molar-refractivity contribution in [1.29, 1.82) is 0 Å². The zero-order chi connectivity index (χ0) is 21.5. The number of hydrazine groups is 1. The molecule has 1 aromatic heterocycles. The standard InChI is InChI=1S/C22H23FN4O3/c1-2-3-6-12-27-22(30)18-11-5-4-10-17(18)20(26-27)21(29)25-24-19(28)14-15-8-7-9-16(23)13-15/h4-5,7-11,13H,2-3,6,12,14H2,1H3,(H,24,28)(H,25,29). The molecule has 0 aliphatic carbocycles. The lowest BCUT2D eigenvalue weighted by atomic mass is 10.1. The number of amides is 2. The molecule has 156 valence electrons. The molecule has 3 aromatic rings. The van der Waals surface area contributed by atoms with Crippen LogP contribution in [0, 0.1) is 5.82 Å². The fourth-order valence-electron chi connectivity index (χ4n) is 3.13. The van der Waals surface area contributed by atoms with Gasteiger partial charge in [0, 0.05) is 11.9 Å². The van der Waals surface area contributed by atoms with Crippen molar-refractivity contribution in [3.8, 4) is 0 Å². The third kappa shape index (κ3) is 5.08. The maximum atomic E-state index is 13.2. The molecular formula is C22H23FN4O3. The van der Waals surface area contributed by atoms with E-state index in [9.17, 15) is 18.8 Å². The number of nitrogens with zero attached hydrogens (tertiary/aromatic N) is 2. The first-order valence-corrected chi connectivity index (χ1v) is 9.83. The Kier molecular flexibility index (Phi) is 6.90. The van der Waals surface area contributed by atoms with Gasteiger partial charge in [-0.3, -0.25) is 25.2 Å². The van der Waals surface area contributed by atoms with Gasteiger partial charge < -0.3 is 0 Å². The first kappa shape index (κ1) is 21.2. The molecule has 3 rings (SSSR count). The quantitative estimate of drug-likeness (QED) is 0.463. The highest BCUT2D eigenvalue weighted by molar-refractivity contribution is 6.05. The van der Waals surface area contributed by atoms with E-state index in [0.717, 1.165) is 19.3 Å². The summed E-state index contributed by atoms with van der Waals surface area (Å²) in [5.41, 5.74) is 4.92. The molecule has 0 spiro atoms. The molecule has 0 aliphatic rings. The molecule has 0 aliphatic heterocycles. The van der Waals surface area contributed by atoms with Crippen molar-refractivity contribution in [3.63, 3.8) is 0 Å². The number of benzene rings is 2. The summed E-state index contributed by atoms with van der Waals surface area (Å²) >= 11 is 0. The molecule has 2 aromatic carbocycles. The van der Waals surface area contributed by atoms with Gasteiger partial charge in [0.2, 0.25) is 5.91 Å². The van der Waals surface area contributed by atoms with E-state index < -0.39 is 17.6 Å². The number of halogens is 1. The van der Waals surface area contributed by atoms with E-state index in [1.807, 2.05) is 0 Å². The van der Waals surface area contributed by atoms with Crippen molar-refractivity contribution in [2.24, 2.45) is 0 Å². The number of carbonyl (C=O) groups is 2. The van der Waals surface area contributed by atoms with E-state index in [1.165, 1.54) is 22.9 Å². The van der Waals surface area contributed by atoms with Gasteiger partial charge in [0.1, 0.15) is 5.82 Å². The minimum absolute atomic E-state index is 0.0488. The van der Waals surface area contributed by atoms with Crippen LogP contribution in [0.15, 0.2) is 53.3 Å². The molecule has 0 unspecified atom stereocenters. The second-order valence-electron chi connectivity index (χ2n) is 6.94. The van der Waals surface area contributed by atoms with Gasteiger partial charge in [0.05, 0.1) is 11.8 Å². The average molecular weight is 410 g/mol. The molecule has 0 atom stereocenters. The van der Waals surface area contributed by atoms with E-state index in [-0.39, 0.29) is 17.7 Å². The van der Waals surface area contributed by atoms with Gasteiger partial charge in [-0.15, -0.1) is 0 Å². The van der Waals surface area contributed by atoms with Gasteiger partial charge in [0.25, 0.3) is 11.5 Å². The Hall–Kier alpha value is -3.55. The van der Waals surface area contributed by atoms with E-state index in [1.54, 1.807) is 30.3 Å². The van der Waals surface area contributed by atoms with E-state index in [2.05, 4.69) is 22.9 Å². The van der Waals surface area contributed by atoms with Crippen LogP contribution in [-0.2, 0) is 17.8 Å². The smallest absolute Gasteiger partial charge is 0.273 e. The number of rotatable bonds is 7. The van der Waals surface area contributed by atoms with Crippen molar-refractivity contribution < 1.29 is 14.0 Å². The summed E-state index contributed by atoms with van der Waals surface area (Å²) in [5.74, 6) is -1.58. The second-order valence-corrected chi connectivity index (χ2v) is 6.94. The molecule has 1 heterocycles. The molecule has 0 bridgehead atoms. The molecule has 30 heavy (non-hydrogen) atoms. The van der Waals surface area contributed by atoms with Crippen LogP contribution in [0.4, 0.5) is 4.39 Å². The summed E-state index contributed by atoms with van der Waals surface area (Å²) in [5, 5.41) is 5.03. The summed E-state index contributed by atoms with van der Waals surface area (Å²) in [4.78, 5) is 37.5. The number of carbonyl (C=O) groups excluding carboxylic acids is 2. The zero-order valence-electron chi connectivity index (χ0n) is 16.7. The average Bonchev–Trinajstić information content (AvgIpc) is 2.74. The molecule has 7 nitrogen and oxygen atoms in total. The van der Waals surface area contributed by atoms with E-state index >= 15 is 0 Å². The summed E-state index contributed by atoms with van der Waals surface area (Å²) in [6.07, 6.45) is 2.61. The van der Waals surface area contributed by atoms with Gasteiger partial charge in [0.15, 0.2) is 5.69 Å². The van der Waals surface area contributed by atoms with Gasteiger partial charge in [-0.1, -0.05) is 50.1 Å².